The summed E-state index contributed by atoms with van der Waals surface area (Å²) in [4.78, 5) is 5.37. The van der Waals surface area contributed by atoms with E-state index in [0.29, 0.717) is 0 Å². The first-order valence-corrected chi connectivity index (χ1v) is 16.1. The topological polar surface area (TPSA) is 22.8 Å². The molecule has 210 valence electrons. The van der Waals surface area contributed by atoms with E-state index in [1.807, 2.05) is 11.3 Å². The summed E-state index contributed by atoms with van der Waals surface area (Å²) < 4.78 is 7.34. The Morgan fingerprint density at radius 3 is 2.00 bits per heavy atom. The smallest absolute Gasteiger partial charge is 0.138 e. The van der Waals surface area contributed by atoms with E-state index in [4.69, 9.17) is 4.98 Å². The van der Waals surface area contributed by atoms with Crippen LogP contribution in [0.4, 0.5) is 0 Å². The number of fused-ring (bicyclic) bond motifs is 10. The Hall–Kier alpha value is -5.71. The molecular formula is C41H25N3S. The first-order chi connectivity index (χ1) is 22.3. The second kappa shape index (κ2) is 9.39. The normalized spacial score (nSPS) is 12.0. The lowest BCUT2D eigenvalue weighted by Crippen LogP contribution is -1.98. The zero-order valence-electron chi connectivity index (χ0n) is 24.2. The third-order valence-corrected chi connectivity index (χ3v) is 10.3. The van der Waals surface area contributed by atoms with Crippen LogP contribution in [0.1, 0.15) is 0 Å². The van der Waals surface area contributed by atoms with E-state index >= 15 is 0 Å². The summed E-state index contributed by atoms with van der Waals surface area (Å²) in [5, 5.41) is 7.55. The van der Waals surface area contributed by atoms with Gasteiger partial charge in [-0.25, -0.2) is 4.98 Å². The molecule has 10 aromatic rings. The first-order valence-electron chi connectivity index (χ1n) is 15.2. The van der Waals surface area contributed by atoms with Crippen molar-refractivity contribution in [1.82, 2.24) is 14.1 Å². The van der Waals surface area contributed by atoms with Gasteiger partial charge in [0, 0.05) is 53.0 Å². The summed E-state index contributed by atoms with van der Waals surface area (Å²) in [7, 11) is 0. The van der Waals surface area contributed by atoms with Crippen molar-refractivity contribution in [2.45, 2.75) is 0 Å². The van der Waals surface area contributed by atoms with Gasteiger partial charge in [0.15, 0.2) is 0 Å². The molecule has 6 aromatic carbocycles. The van der Waals surface area contributed by atoms with Crippen LogP contribution in [-0.4, -0.2) is 14.1 Å². The molecule has 0 bridgehead atoms. The molecule has 45 heavy (non-hydrogen) atoms. The van der Waals surface area contributed by atoms with Gasteiger partial charge >= 0.3 is 0 Å². The van der Waals surface area contributed by atoms with Crippen LogP contribution >= 0.6 is 11.3 Å². The number of aromatic nitrogens is 3. The van der Waals surface area contributed by atoms with Gasteiger partial charge in [-0.1, -0.05) is 103 Å². The van der Waals surface area contributed by atoms with Crippen LogP contribution < -0.4 is 0 Å². The fraction of sp³-hybridized carbons (Fsp3) is 0. The molecule has 0 fully saturated rings. The SMILES string of the molecule is c1ccc(-n2c3ccccc3c3ccc4c(c5ccccc5n4-c4cccc(-c5cccc6c5sc5ccccc56)n4)c32)cc1. The summed E-state index contributed by atoms with van der Waals surface area (Å²) in [6.45, 7) is 0. The van der Waals surface area contributed by atoms with Gasteiger partial charge in [0.05, 0.1) is 27.8 Å². The van der Waals surface area contributed by atoms with Crippen molar-refractivity contribution in [3.8, 4) is 22.8 Å². The predicted octanol–water partition coefficient (Wildman–Crippen LogP) is 11.3. The average molecular weight is 592 g/mol. The lowest BCUT2D eigenvalue weighted by molar-refractivity contribution is 1.08. The highest BCUT2D eigenvalue weighted by Crippen LogP contribution is 2.43. The van der Waals surface area contributed by atoms with E-state index in [2.05, 4.69) is 161 Å². The molecule has 0 spiro atoms. The average Bonchev–Trinajstić information content (AvgIpc) is 3.76. The van der Waals surface area contributed by atoms with E-state index < -0.39 is 0 Å². The van der Waals surface area contributed by atoms with Crippen LogP contribution in [0.25, 0.3) is 86.5 Å². The third-order valence-electron chi connectivity index (χ3n) is 9.13. The Labute approximate surface area is 262 Å². The minimum Gasteiger partial charge on any atom is -0.309 e. The fourth-order valence-corrected chi connectivity index (χ4v) is 8.47. The lowest BCUT2D eigenvalue weighted by Gasteiger charge is -2.11. The molecule has 0 radical (unpaired) electrons. The van der Waals surface area contributed by atoms with Gasteiger partial charge in [0.2, 0.25) is 0 Å². The van der Waals surface area contributed by atoms with Crippen molar-refractivity contribution in [3.05, 3.63) is 152 Å². The number of hydrogen-bond donors (Lipinski definition) is 0. The molecule has 4 aromatic heterocycles. The van der Waals surface area contributed by atoms with E-state index in [0.717, 1.165) is 28.2 Å². The van der Waals surface area contributed by atoms with Gasteiger partial charge in [-0.3, -0.25) is 4.57 Å². The maximum absolute atomic E-state index is 5.37. The number of hydrogen-bond acceptors (Lipinski definition) is 2. The fourth-order valence-electron chi connectivity index (χ4n) is 7.25. The van der Waals surface area contributed by atoms with Crippen molar-refractivity contribution in [1.29, 1.82) is 0 Å². The van der Waals surface area contributed by atoms with Crippen LogP contribution in [0.2, 0.25) is 0 Å². The molecule has 0 atom stereocenters. The summed E-state index contributed by atoms with van der Waals surface area (Å²) in [6, 6.07) is 54.4. The Morgan fingerprint density at radius 1 is 0.444 bits per heavy atom. The van der Waals surface area contributed by atoms with E-state index in [1.54, 1.807) is 0 Å². The Bertz CT molecular complexity index is 2760. The Kier molecular flexibility index (Phi) is 5.16. The number of benzene rings is 6. The molecule has 0 aliphatic carbocycles. The Balaban J connectivity index is 1.29. The molecule has 10 rings (SSSR count). The number of para-hydroxylation sites is 3. The molecule has 3 nitrogen and oxygen atoms in total. The molecule has 0 unspecified atom stereocenters. The number of nitrogens with zero attached hydrogens (tertiary/aromatic N) is 3. The van der Waals surface area contributed by atoms with E-state index in [-0.39, 0.29) is 0 Å². The van der Waals surface area contributed by atoms with Gasteiger partial charge < -0.3 is 4.57 Å². The highest BCUT2D eigenvalue weighted by molar-refractivity contribution is 7.26. The minimum atomic E-state index is 0.915. The monoisotopic (exact) mass is 591 g/mol. The number of thiophene rings is 1. The van der Waals surface area contributed by atoms with E-state index in [1.165, 1.54) is 58.3 Å². The summed E-state index contributed by atoms with van der Waals surface area (Å²) >= 11 is 1.84. The zero-order valence-corrected chi connectivity index (χ0v) is 25.0. The largest absolute Gasteiger partial charge is 0.309 e. The highest BCUT2D eigenvalue weighted by atomic mass is 32.1. The van der Waals surface area contributed by atoms with Crippen molar-refractivity contribution < 1.29 is 0 Å². The molecular weight excluding hydrogens is 567 g/mol. The molecule has 4 heterocycles. The maximum Gasteiger partial charge on any atom is 0.138 e. The minimum absolute atomic E-state index is 0.915. The quantitative estimate of drug-likeness (QED) is 0.200. The van der Waals surface area contributed by atoms with Crippen LogP contribution in [0.3, 0.4) is 0 Å². The van der Waals surface area contributed by atoms with Gasteiger partial charge in [0.25, 0.3) is 0 Å². The van der Waals surface area contributed by atoms with Gasteiger partial charge in [-0.05, 0) is 48.5 Å². The van der Waals surface area contributed by atoms with Crippen LogP contribution in [0.5, 0.6) is 0 Å². The van der Waals surface area contributed by atoms with Crippen LogP contribution in [0, 0.1) is 0 Å². The van der Waals surface area contributed by atoms with Crippen molar-refractivity contribution >= 4 is 75.1 Å². The second-order valence-corrected chi connectivity index (χ2v) is 12.6. The maximum atomic E-state index is 5.37. The predicted molar refractivity (Wildman–Crippen MR) is 191 cm³/mol. The highest BCUT2D eigenvalue weighted by Gasteiger charge is 2.21. The van der Waals surface area contributed by atoms with Crippen molar-refractivity contribution in [3.63, 3.8) is 0 Å². The standard InChI is InChI=1S/C41H25N3S/c1-2-12-26(13-3-1)43-34-20-7-4-14-27(34)29-24-25-36-39(40(29)43)32-16-5-8-21-35(32)44(36)38-23-11-19-33(42-38)31-18-10-17-30-28-15-6-9-22-37(28)45-41(30)31/h1-25H. The van der Waals surface area contributed by atoms with Crippen molar-refractivity contribution in [2.75, 3.05) is 0 Å². The molecule has 0 N–H and O–H groups in total. The number of rotatable bonds is 3. The van der Waals surface area contributed by atoms with Gasteiger partial charge in [-0.15, -0.1) is 11.3 Å². The number of pyridine rings is 1. The summed E-state index contributed by atoms with van der Waals surface area (Å²) in [6.07, 6.45) is 0. The van der Waals surface area contributed by atoms with Crippen molar-refractivity contribution in [2.24, 2.45) is 0 Å². The van der Waals surface area contributed by atoms with Crippen LogP contribution in [-0.2, 0) is 0 Å². The van der Waals surface area contributed by atoms with Gasteiger partial charge in [-0.2, -0.15) is 0 Å². The Morgan fingerprint density at radius 2 is 1.13 bits per heavy atom. The second-order valence-electron chi connectivity index (χ2n) is 11.6. The molecule has 0 aliphatic rings. The third kappa shape index (κ3) is 3.48. The summed E-state index contributed by atoms with van der Waals surface area (Å²) in [5.41, 5.74) is 8.03. The first kappa shape index (κ1) is 24.7. The summed E-state index contributed by atoms with van der Waals surface area (Å²) in [5.74, 6) is 0.915. The molecule has 0 aliphatic heterocycles. The van der Waals surface area contributed by atoms with Crippen LogP contribution in [0.15, 0.2) is 152 Å². The molecule has 4 heteroatoms. The molecule has 0 saturated carbocycles. The molecule has 0 amide bonds. The van der Waals surface area contributed by atoms with Gasteiger partial charge in [0.1, 0.15) is 5.82 Å². The van der Waals surface area contributed by atoms with E-state index in [9.17, 15) is 0 Å². The molecule has 0 saturated heterocycles. The lowest BCUT2D eigenvalue weighted by atomic mass is 10.1. The zero-order chi connectivity index (χ0) is 29.5.